The van der Waals surface area contributed by atoms with Crippen molar-refractivity contribution in [2.24, 2.45) is 0 Å². The summed E-state index contributed by atoms with van der Waals surface area (Å²) in [6.45, 7) is 2.00. The Morgan fingerprint density at radius 2 is 1.74 bits per heavy atom. The lowest BCUT2D eigenvalue weighted by Crippen LogP contribution is -2.31. The van der Waals surface area contributed by atoms with Gasteiger partial charge >= 0.3 is 0 Å². The van der Waals surface area contributed by atoms with E-state index < -0.39 is 0 Å². The van der Waals surface area contributed by atoms with Crippen LogP contribution >= 0.6 is 23.2 Å². The number of hydrogen-bond donors (Lipinski definition) is 1. The summed E-state index contributed by atoms with van der Waals surface area (Å²) >= 11 is 12.1. The Labute approximate surface area is 147 Å². The molecule has 0 aromatic heterocycles. The minimum atomic E-state index is -0.151. The normalized spacial score (nSPS) is 12.3. The number of carbonyl (C=O) groups is 1. The van der Waals surface area contributed by atoms with Gasteiger partial charge in [0.2, 0.25) is 5.91 Å². The van der Waals surface area contributed by atoms with Crippen LogP contribution in [-0.2, 0) is 11.2 Å². The third kappa shape index (κ3) is 5.74. The van der Waals surface area contributed by atoms with Crippen molar-refractivity contribution in [3.8, 4) is 0 Å². The van der Waals surface area contributed by atoms with E-state index >= 15 is 0 Å². The molecule has 1 atom stereocenters. The fourth-order valence-corrected chi connectivity index (χ4v) is 2.74. The van der Waals surface area contributed by atoms with Crippen LogP contribution in [0.5, 0.6) is 0 Å². The van der Waals surface area contributed by atoms with Crippen molar-refractivity contribution in [1.29, 1.82) is 0 Å². The Balaban J connectivity index is 1.85. The van der Waals surface area contributed by atoms with E-state index in [4.69, 9.17) is 23.2 Å². The molecule has 120 valence electrons. The van der Waals surface area contributed by atoms with Gasteiger partial charge in [-0.1, -0.05) is 59.6 Å². The number of nitrogens with one attached hydrogen (secondary N) is 1. The number of aryl methyl sites for hydroxylation is 1. The van der Waals surface area contributed by atoms with Crippen molar-refractivity contribution >= 4 is 35.2 Å². The molecule has 1 N–H and O–H groups in total. The van der Waals surface area contributed by atoms with Gasteiger partial charge in [0.05, 0.1) is 0 Å². The van der Waals surface area contributed by atoms with Crippen LogP contribution in [0.3, 0.4) is 0 Å². The van der Waals surface area contributed by atoms with Gasteiger partial charge < -0.3 is 5.32 Å². The van der Waals surface area contributed by atoms with E-state index in [1.165, 1.54) is 11.6 Å². The Bertz CT molecular complexity index is 663. The molecular weight excluding hydrogens is 329 g/mol. The van der Waals surface area contributed by atoms with Crippen molar-refractivity contribution in [3.05, 3.63) is 75.8 Å². The van der Waals surface area contributed by atoms with Crippen LogP contribution in [0.2, 0.25) is 10.0 Å². The quantitative estimate of drug-likeness (QED) is 0.719. The minimum absolute atomic E-state index is 0.0917. The third-order valence-corrected chi connectivity index (χ3v) is 4.16. The summed E-state index contributed by atoms with van der Waals surface area (Å²) in [4.78, 5) is 12.0. The van der Waals surface area contributed by atoms with Crippen molar-refractivity contribution in [3.63, 3.8) is 0 Å². The molecule has 0 aliphatic rings. The van der Waals surface area contributed by atoms with Crippen LogP contribution in [0.25, 0.3) is 6.08 Å². The van der Waals surface area contributed by atoms with E-state index in [0.717, 1.165) is 12.8 Å². The van der Waals surface area contributed by atoms with Gasteiger partial charge in [0.25, 0.3) is 0 Å². The van der Waals surface area contributed by atoms with Gasteiger partial charge in [0, 0.05) is 27.7 Å². The maximum absolute atomic E-state index is 12.0. The largest absolute Gasteiger partial charge is 0.350 e. The standard InChI is InChI=1S/C19H19Cl2NO/c1-14(10-11-15-6-3-2-4-7-15)22-19(23)13-12-16-17(20)8-5-9-18(16)21/h2-9,12-14H,10-11H2,1H3,(H,22,23)/b13-12+. The first-order valence-corrected chi connectivity index (χ1v) is 8.28. The first-order chi connectivity index (χ1) is 11.1. The molecule has 0 bridgehead atoms. The number of amides is 1. The van der Waals surface area contributed by atoms with Crippen molar-refractivity contribution in [1.82, 2.24) is 5.32 Å². The molecule has 1 amide bonds. The van der Waals surface area contributed by atoms with Crippen LogP contribution in [-0.4, -0.2) is 11.9 Å². The fraction of sp³-hybridized carbons (Fsp3) is 0.211. The van der Waals surface area contributed by atoms with Crippen LogP contribution in [0.15, 0.2) is 54.6 Å². The zero-order valence-corrected chi connectivity index (χ0v) is 14.4. The maximum atomic E-state index is 12.0. The van der Waals surface area contributed by atoms with E-state index in [-0.39, 0.29) is 11.9 Å². The zero-order chi connectivity index (χ0) is 16.7. The predicted molar refractivity (Wildman–Crippen MR) is 97.9 cm³/mol. The van der Waals surface area contributed by atoms with Crippen LogP contribution in [0.1, 0.15) is 24.5 Å². The molecule has 2 nitrogen and oxygen atoms in total. The van der Waals surface area contributed by atoms with Crippen molar-refractivity contribution < 1.29 is 4.79 Å². The molecule has 0 saturated carbocycles. The van der Waals surface area contributed by atoms with Gasteiger partial charge in [-0.05, 0) is 43.5 Å². The summed E-state index contributed by atoms with van der Waals surface area (Å²) in [6.07, 6.45) is 4.93. The minimum Gasteiger partial charge on any atom is -0.350 e. The molecule has 2 aromatic carbocycles. The first kappa shape index (κ1) is 17.6. The average molecular weight is 348 g/mol. The number of benzene rings is 2. The summed E-state index contributed by atoms with van der Waals surface area (Å²) in [5.41, 5.74) is 1.93. The summed E-state index contributed by atoms with van der Waals surface area (Å²) < 4.78 is 0. The molecule has 0 fully saturated rings. The molecule has 0 aliphatic heterocycles. The van der Waals surface area contributed by atoms with Crippen LogP contribution in [0.4, 0.5) is 0 Å². The highest BCUT2D eigenvalue weighted by molar-refractivity contribution is 6.37. The van der Waals surface area contributed by atoms with Gasteiger partial charge in [-0.2, -0.15) is 0 Å². The highest BCUT2D eigenvalue weighted by Gasteiger charge is 2.06. The molecule has 0 radical (unpaired) electrons. The van der Waals surface area contributed by atoms with E-state index in [1.54, 1.807) is 24.3 Å². The molecule has 0 heterocycles. The van der Waals surface area contributed by atoms with Crippen molar-refractivity contribution in [2.75, 3.05) is 0 Å². The number of carbonyl (C=O) groups excluding carboxylic acids is 1. The molecule has 23 heavy (non-hydrogen) atoms. The molecule has 2 rings (SSSR count). The Morgan fingerprint density at radius 3 is 2.39 bits per heavy atom. The zero-order valence-electron chi connectivity index (χ0n) is 12.9. The molecular formula is C19H19Cl2NO. The smallest absolute Gasteiger partial charge is 0.244 e. The summed E-state index contributed by atoms with van der Waals surface area (Å²) in [5, 5.41) is 4.00. The molecule has 0 saturated heterocycles. The Kier molecular flexibility index (Phi) is 6.69. The second-order valence-corrected chi connectivity index (χ2v) is 6.22. The van der Waals surface area contributed by atoms with Crippen LogP contribution in [0, 0.1) is 0 Å². The number of halogens is 2. The number of hydrogen-bond acceptors (Lipinski definition) is 1. The highest BCUT2D eigenvalue weighted by atomic mass is 35.5. The topological polar surface area (TPSA) is 29.1 Å². The second kappa shape index (κ2) is 8.76. The summed E-state index contributed by atoms with van der Waals surface area (Å²) in [7, 11) is 0. The van der Waals surface area contributed by atoms with Gasteiger partial charge in [-0.15, -0.1) is 0 Å². The lowest BCUT2D eigenvalue weighted by atomic mass is 10.1. The second-order valence-electron chi connectivity index (χ2n) is 5.40. The third-order valence-electron chi connectivity index (χ3n) is 3.50. The predicted octanol–water partition coefficient (Wildman–Crippen LogP) is 5.14. The lowest BCUT2D eigenvalue weighted by molar-refractivity contribution is -0.117. The van der Waals surface area contributed by atoms with Gasteiger partial charge in [0.1, 0.15) is 0 Å². The van der Waals surface area contributed by atoms with Gasteiger partial charge in [-0.25, -0.2) is 0 Å². The van der Waals surface area contributed by atoms with Crippen LogP contribution < -0.4 is 5.32 Å². The SMILES string of the molecule is CC(CCc1ccccc1)NC(=O)/C=C/c1c(Cl)cccc1Cl. The van der Waals surface area contributed by atoms with Crippen molar-refractivity contribution in [2.45, 2.75) is 25.8 Å². The summed E-state index contributed by atoms with van der Waals surface area (Å²) in [5.74, 6) is -0.151. The van der Waals surface area contributed by atoms with E-state index in [9.17, 15) is 4.79 Å². The highest BCUT2D eigenvalue weighted by Crippen LogP contribution is 2.25. The lowest BCUT2D eigenvalue weighted by Gasteiger charge is -2.12. The van der Waals surface area contributed by atoms with Gasteiger partial charge in [-0.3, -0.25) is 4.79 Å². The molecule has 4 heteroatoms. The molecule has 2 aromatic rings. The summed E-state index contributed by atoms with van der Waals surface area (Å²) in [6, 6.07) is 15.6. The monoisotopic (exact) mass is 347 g/mol. The van der Waals surface area contributed by atoms with Gasteiger partial charge in [0.15, 0.2) is 0 Å². The molecule has 1 unspecified atom stereocenters. The van der Waals surface area contributed by atoms with E-state index in [2.05, 4.69) is 17.4 Å². The maximum Gasteiger partial charge on any atom is 0.244 e. The van der Waals surface area contributed by atoms with E-state index in [0.29, 0.717) is 15.6 Å². The fourth-order valence-electron chi connectivity index (χ4n) is 2.22. The first-order valence-electron chi connectivity index (χ1n) is 7.53. The number of rotatable bonds is 6. The van der Waals surface area contributed by atoms with E-state index in [1.807, 2.05) is 25.1 Å². The molecule has 0 spiro atoms. The molecule has 0 aliphatic carbocycles. The average Bonchev–Trinajstić information content (AvgIpc) is 2.53. The Hall–Kier alpha value is -1.77. The Morgan fingerprint density at radius 1 is 1.09 bits per heavy atom.